The number of rotatable bonds is 1. The summed E-state index contributed by atoms with van der Waals surface area (Å²) >= 11 is 0. The highest BCUT2D eigenvalue weighted by Gasteiger charge is 2.22. The van der Waals surface area contributed by atoms with Crippen molar-refractivity contribution in [1.29, 1.82) is 0 Å². The van der Waals surface area contributed by atoms with Crippen molar-refractivity contribution in [2.24, 2.45) is 0 Å². The van der Waals surface area contributed by atoms with Gasteiger partial charge in [0.2, 0.25) is 0 Å². The van der Waals surface area contributed by atoms with Gasteiger partial charge in [-0.25, -0.2) is 0 Å². The first kappa shape index (κ1) is 7.80. The van der Waals surface area contributed by atoms with Gasteiger partial charge in [-0.3, -0.25) is 0 Å². The molecule has 1 atom stereocenters. The van der Waals surface area contributed by atoms with Gasteiger partial charge in [-0.15, -0.1) is 0 Å². The van der Waals surface area contributed by atoms with E-state index in [1.54, 1.807) is 0 Å². The number of aromatic nitrogens is 1. The first-order chi connectivity index (χ1) is 5.79. The van der Waals surface area contributed by atoms with Crippen LogP contribution >= 0.6 is 0 Å². The largest absolute Gasteiger partial charge is 0.359 e. The maximum Gasteiger partial charge on any atom is 0.156 e. The Hall–Kier alpha value is -0.830. The topological polar surface area (TPSA) is 38.1 Å². The molecule has 1 N–H and O–H groups in total. The molecule has 0 spiro atoms. The third-order valence-corrected chi connectivity index (χ3v) is 2.57. The van der Waals surface area contributed by atoms with Gasteiger partial charge in [0.15, 0.2) is 5.76 Å². The lowest BCUT2D eigenvalue weighted by Gasteiger charge is -2.05. The zero-order valence-electron chi connectivity index (χ0n) is 7.55. The molecule has 66 valence electrons. The maximum absolute atomic E-state index is 5.27. The van der Waals surface area contributed by atoms with E-state index in [1.807, 2.05) is 6.92 Å². The lowest BCUT2D eigenvalue weighted by Crippen LogP contribution is -2.12. The van der Waals surface area contributed by atoms with Crippen LogP contribution in [0.15, 0.2) is 4.52 Å². The third-order valence-electron chi connectivity index (χ3n) is 2.57. The summed E-state index contributed by atoms with van der Waals surface area (Å²) in [6.45, 7) is 5.16. The fourth-order valence-electron chi connectivity index (χ4n) is 1.67. The van der Waals surface area contributed by atoms with E-state index in [2.05, 4.69) is 17.4 Å². The molecule has 0 aromatic carbocycles. The molecule has 1 aromatic heterocycles. The van der Waals surface area contributed by atoms with Gasteiger partial charge in [0, 0.05) is 5.56 Å². The van der Waals surface area contributed by atoms with Crippen LogP contribution < -0.4 is 5.32 Å². The molecule has 12 heavy (non-hydrogen) atoms. The van der Waals surface area contributed by atoms with E-state index in [0.29, 0.717) is 6.04 Å². The summed E-state index contributed by atoms with van der Waals surface area (Å²) in [5.41, 5.74) is 2.22. The number of hydrogen-bond donors (Lipinski definition) is 1. The van der Waals surface area contributed by atoms with Crippen LogP contribution in [0, 0.1) is 13.8 Å². The molecule has 0 unspecified atom stereocenters. The SMILES string of the molecule is Cc1noc([C@@H]2CCCN2)c1C. The second-order valence-electron chi connectivity index (χ2n) is 3.41. The van der Waals surface area contributed by atoms with E-state index in [1.165, 1.54) is 18.4 Å². The molecule has 2 rings (SSSR count). The number of aryl methyl sites for hydroxylation is 1. The van der Waals surface area contributed by atoms with Gasteiger partial charge in [0.25, 0.3) is 0 Å². The molecule has 1 aromatic rings. The molecule has 1 saturated heterocycles. The Morgan fingerprint density at radius 3 is 2.83 bits per heavy atom. The highest BCUT2D eigenvalue weighted by atomic mass is 16.5. The van der Waals surface area contributed by atoms with Gasteiger partial charge < -0.3 is 9.84 Å². The molecule has 0 amide bonds. The summed E-state index contributed by atoms with van der Waals surface area (Å²) in [4.78, 5) is 0. The van der Waals surface area contributed by atoms with E-state index in [-0.39, 0.29) is 0 Å². The molecule has 1 aliphatic heterocycles. The van der Waals surface area contributed by atoms with Gasteiger partial charge >= 0.3 is 0 Å². The highest BCUT2D eigenvalue weighted by Crippen LogP contribution is 2.26. The van der Waals surface area contributed by atoms with Crippen molar-refractivity contribution in [2.75, 3.05) is 6.54 Å². The Kier molecular flexibility index (Phi) is 1.89. The van der Waals surface area contributed by atoms with Crippen LogP contribution in [0.4, 0.5) is 0 Å². The predicted octanol–water partition coefficient (Wildman–Crippen LogP) is 1.72. The summed E-state index contributed by atoms with van der Waals surface area (Å²) in [6.07, 6.45) is 2.42. The zero-order valence-corrected chi connectivity index (χ0v) is 7.55. The Balaban J connectivity index is 2.26. The molecular weight excluding hydrogens is 152 g/mol. The van der Waals surface area contributed by atoms with Crippen LogP contribution in [-0.4, -0.2) is 11.7 Å². The molecule has 3 nitrogen and oxygen atoms in total. The molecule has 0 saturated carbocycles. The number of nitrogens with one attached hydrogen (secondary N) is 1. The third kappa shape index (κ3) is 1.14. The lowest BCUT2D eigenvalue weighted by molar-refractivity contribution is 0.348. The average molecular weight is 166 g/mol. The van der Waals surface area contributed by atoms with Gasteiger partial charge in [-0.2, -0.15) is 0 Å². The molecule has 2 heterocycles. The summed E-state index contributed by atoms with van der Waals surface area (Å²) in [5.74, 6) is 1.03. The highest BCUT2D eigenvalue weighted by molar-refractivity contribution is 5.22. The normalized spacial score (nSPS) is 23.3. The fraction of sp³-hybridized carbons (Fsp3) is 0.667. The summed E-state index contributed by atoms with van der Waals surface area (Å²) in [7, 11) is 0. The van der Waals surface area contributed by atoms with Crippen LogP contribution in [-0.2, 0) is 0 Å². The molecule has 1 aliphatic rings. The zero-order chi connectivity index (χ0) is 8.55. The van der Waals surface area contributed by atoms with Crippen molar-refractivity contribution in [3.8, 4) is 0 Å². The molecule has 0 bridgehead atoms. The molecule has 1 fully saturated rings. The summed E-state index contributed by atoms with van der Waals surface area (Å²) in [5, 5.41) is 7.34. The lowest BCUT2D eigenvalue weighted by atomic mass is 10.1. The molecule has 0 aliphatic carbocycles. The van der Waals surface area contributed by atoms with Gasteiger partial charge in [0.1, 0.15) is 0 Å². The van der Waals surface area contributed by atoms with Crippen LogP contribution in [0.3, 0.4) is 0 Å². The number of hydrogen-bond acceptors (Lipinski definition) is 3. The Labute approximate surface area is 72.1 Å². The van der Waals surface area contributed by atoms with Gasteiger partial charge in [-0.05, 0) is 33.2 Å². The Morgan fingerprint density at radius 1 is 1.50 bits per heavy atom. The molecule has 3 heteroatoms. The van der Waals surface area contributed by atoms with Crippen molar-refractivity contribution in [3.63, 3.8) is 0 Å². The number of nitrogens with zero attached hydrogens (tertiary/aromatic N) is 1. The fourth-order valence-corrected chi connectivity index (χ4v) is 1.67. The van der Waals surface area contributed by atoms with E-state index in [0.717, 1.165) is 18.0 Å². The minimum atomic E-state index is 0.409. The Morgan fingerprint density at radius 2 is 2.33 bits per heavy atom. The summed E-state index contributed by atoms with van der Waals surface area (Å²) < 4.78 is 5.27. The van der Waals surface area contributed by atoms with Gasteiger partial charge in [-0.1, -0.05) is 5.16 Å². The second kappa shape index (κ2) is 2.90. The molecule has 0 radical (unpaired) electrons. The van der Waals surface area contributed by atoms with Crippen molar-refractivity contribution >= 4 is 0 Å². The first-order valence-electron chi connectivity index (χ1n) is 4.45. The van der Waals surface area contributed by atoms with Crippen LogP contribution in [0.1, 0.15) is 35.9 Å². The van der Waals surface area contributed by atoms with E-state index in [9.17, 15) is 0 Å². The van der Waals surface area contributed by atoms with Crippen molar-refractivity contribution in [2.45, 2.75) is 32.7 Å². The predicted molar refractivity (Wildman–Crippen MR) is 46.0 cm³/mol. The smallest absolute Gasteiger partial charge is 0.156 e. The van der Waals surface area contributed by atoms with Gasteiger partial charge in [0.05, 0.1) is 11.7 Å². The summed E-state index contributed by atoms with van der Waals surface area (Å²) in [6, 6.07) is 0.409. The van der Waals surface area contributed by atoms with Crippen LogP contribution in [0.5, 0.6) is 0 Å². The first-order valence-corrected chi connectivity index (χ1v) is 4.45. The Bertz CT molecular complexity index is 274. The van der Waals surface area contributed by atoms with E-state index in [4.69, 9.17) is 4.52 Å². The van der Waals surface area contributed by atoms with E-state index < -0.39 is 0 Å². The van der Waals surface area contributed by atoms with E-state index >= 15 is 0 Å². The quantitative estimate of drug-likeness (QED) is 0.690. The standard InChI is InChI=1S/C9H14N2O/c1-6-7(2)11-12-9(6)8-4-3-5-10-8/h8,10H,3-5H2,1-2H3/t8-/m0/s1. The minimum absolute atomic E-state index is 0.409. The van der Waals surface area contributed by atoms with Crippen molar-refractivity contribution in [3.05, 3.63) is 17.0 Å². The second-order valence-corrected chi connectivity index (χ2v) is 3.41. The average Bonchev–Trinajstić information content (AvgIpc) is 2.64. The van der Waals surface area contributed by atoms with Crippen molar-refractivity contribution in [1.82, 2.24) is 10.5 Å². The van der Waals surface area contributed by atoms with Crippen molar-refractivity contribution < 1.29 is 4.52 Å². The molecular formula is C9H14N2O. The maximum atomic E-state index is 5.27. The van der Waals surface area contributed by atoms with Crippen LogP contribution in [0.25, 0.3) is 0 Å². The minimum Gasteiger partial charge on any atom is -0.359 e. The monoisotopic (exact) mass is 166 g/mol. The van der Waals surface area contributed by atoms with Crippen LogP contribution in [0.2, 0.25) is 0 Å².